The van der Waals surface area contributed by atoms with Crippen LogP contribution < -0.4 is 24.8 Å². The van der Waals surface area contributed by atoms with Crippen molar-refractivity contribution in [2.75, 3.05) is 10.6 Å². The van der Waals surface area contributed by atoms with Crippen molar-refractivity contribution >= 4 is 17.4 Å². The molecular formula is C21H12F6N4O4. The summed E-state index contributed by atoms with van der Waals surface area (Å²) in [6.07, 6.45) is -9.89. The van der Waals surface area contributed by atoms with Gasteiger partial charge in [0.25, 0.3) is 0 Å². The second-order valence-electron chi connectivity index (χ2n) is 6.41. The summed E-state index contributed by atoms with van der Waals surface area (Å²) in [6, 6.07) is 12.2. The number of para-hydroxylation sites is 2. The van der Waals surface area contributed by atoms with Gasteiger partial charge in [0.2, 0.25) is 5.88 Å². The second-order valence-corrected chi connectivity index (χ2v) is 6.41. The quantitative estimate of drug-likeness (QED) is 0.393. The zero-order valence-electron chi connectivity index (χ0n) is 17.1. The number of benzene rings is 2. The Morgan fingerprint density at radius 1 is 0.829 bits per heavy atom. The highest BCUT2D eigenvalue weighted by Gasteiger charge is 2.33. The van der Waals surface area contributed by atoms with Crippen LogP contribution >= 0.6 is 0 Å². The zero-order chi connectivity index (χ0) is 25.6. The molecule has 35 heavy (non-hydrogen) atoms. The molecule has 0 saturated carbocycles. The average molecular weight is 498 g/mol. The number of amides is 2. The van der Waals surface area contributed by atoms with E-state index in [1.165, 1.54) is 24.3 Å². The van der Waals surface area contributed by atoms with Gasteiger partial charge in [-0.15, -0.1) is 26.3 Å². The molecule has 2 aromatic carbocycles. The number of hydrogen-bond acceptors (Lipinski definition) is 6. The molecule has 0 aliphatic carbocycles. The maximum atomic E-state index is 12.7. The van der Waals surface area contributed by atoms with E-state index >= 15 is 0 Å². The topological polar surface area (TPSA) is 106 Å². The maximum absolute atomic E-state index is 12.7. The highest BCUT2D eigenvalue weighted by molar-refractivity contribution is 6.00. The third-order valence-corrected chi connectivity index (χ3v) is 3.85. The van der Waals surface area contributed by atoms with Crippen LogP contribution in [0.15, 0.2) is 60.7 Å². The number of halogens is 6. The van der Waals surface area contributed by atoms with Crippen LogP contribution in [0, 0.1) is 11.3 Å². The molecule has 0 saturated heterocycles. The van der Waals surface area contributed by atoms with Gasteiger partial charge in [0.05, 0.1) is 0 Å². The van der Waals surface area contributed by atoms with Crippen molar-refractivity contribution in [3.05, 3.63) is 66.4 Å². The van der Waals surface area contributed by atoms with Crippen LogP contribution in [-0.2, 0) is 0 Å². The van der Waals surface area contributed by atoms with Crippen LogP contribution in [0.1, 0.15) is 5.69 Å². The number of anilines is 2. The van der Waals surface area contributed by atoms with E-state index < -0.39 is 41.9 Å². The van der Waals surface area contributed by atoms with Gasteiger partial charge < -0.3 is 24.8 Å². The van der Waals surface area contributed by atoms with Crippen molar-refractivity contribution in [2.45, 2.75) is 12.7 Å². The summed E-state index contributed by atoms with van der Waals surface area (Å²) in [6.45, 7) is 0. The SMILES string of the molecule is N#Cc1ccc(NC(=O)Nc2ccc(OC(F)(F)F)cc2)c(Oc2ccccc2OC(F)(F)F)n1. The first-order valence-corrected chi connectivity index (χ1v) is 9.29. The van der Waals surface area contributed by atoms with Gasteiger partial charge in [0.1, 0.15) is 23.2 Å². The predicted octanol–water partition coefficient (Wildman–Crippen LogP) is 6.19. The molecule has 0 fully saturated rings. The molecule has 3 aromatic rings. The summed E-state index contributed by atoms with van der Waals surface area (Å²) in [5, 5.41) is 13.7. The minimum absolute atomic E-state index is 0.0880. The number of carbonyl (C=O) groups excluding carboxylic acids is 1. The summed E-state index contributed by atoms with van der Waals surface area (Å²) in [4.78, 5) is 16.2. The number of hydrogen-bond donors (Lipinski definition) is 2. The molecule has 1 heterocycles. The molecule has 0 bridgehead atoms. The van der Waals surface area contributed by atoms with Crippen LogP contribution in [0.25, 0.3) is 0 Å². The van der Waals surface area contributed by atoms with E-state index in [1.807, 2.05) is 0 Å². The molecule has 14 heteroatoms. The lowest BCUT2D eigenvalue weighted by Gasteiger charge is -2.15. The number of ether oxygens (including phenoxy) is 3. The number of rotatable bonds is 6. The molecule has 8 nitrogen and oxygen atoms in total. The summed E-state index contributed by atoms with van der Waals surface area (Å²) >= 11 is 0. The summed E-state index contributed by atoms with van der Waals surface area (Å²) in [5.41, 5.74) is -0.217. The molecule has 0 spiro atoms. The van der Waals surface area contributed by atoms with Gasteiger partial charge in [0.15, 0.2) is 11.5 Å². The molecule has 2 N–H and O–H groups in total. The fourth-order valence-electron chi connectivity index (χ4n) is 2.55. The Morgan fingerprint density at radius 3 is 2.06 bits per heavy atom. The van der Waals surface area contributed by atoms with Crippen LogP contribution in [0.3, 0.4) is 0 Å². The molecule has 0 unspecified atom stereocenters. The van der Waals surface area contributed by atoms with Crippen molar-refractivity contribution in [1.29, 1.82) is 5.26 Å². The van der Waals surface area contributed by atoms with E-state index in [2.05, 4.69) is 25.1 Å². The van der Waals surface area contributed by atoms with Gasteiger partial charge in [-0.05, 0) is 48.5 Å². The summed E-state index contributed by atoms with van der Waals surface area (Å²) < 4.78 is 87.8. The van der Waals surface area contributed by atoms with E-state index in [4.69, 9.17) is 10.00 Å². The lowest BCUT2D eigenvalue weighted by molar-refractivity contribution is -0.275. The van der Waals surface area contributed by atoms with Crippen molar-refractivity contribution < 1.29 is 45.3 Å². The molecule has 3 rings (SSSR count). The largest absolute Gasteiger partial charge is 0.573 e. The monoisotopic (exact) mass is 498 g/mol. The van der Waals surface area contributed by atoms with Crippen molar-refractivity contribution in [3.8, 4) is 29.2 Å². The number of pyridine rings is 1. The number of aromatic nitrogens is 1. The van der Waals surface area contributed by atoms with Gasteiger partial charge in [0, 0.05) is 5.69 Å². The molecular weight excluding hydrogens is 486 g/mol. The Kier molecular flexibility index (Phi) is 7.19. The van der Waals surface area contributed by atoms with Crippen molar-refractivity contribution in [1.82, 2.24) is 4.98 Å². The van der Waals surface area contributed by atoms with Gasteiger partial charge in [-0.25, -0.2) is 9.78 Å². The van der Waals surface area contributed by atoms with E-state index in [-0.39, 0.29) is 17.1 Å². The molecule has 2 amide bonds. The Bertz CT molecular complexity index is 1240. The van der Waals surface area contributed by atoms with Gasteiger partial charge in [-0.1, -0.05) is 12.1 Å². The van der Waals surface area contributed by atoms with Crippen LogP contribution in [0.2, 0.25) is 0 Å². The van der Waals surface area contributed by atoms with Crippen molar-refractivity contribution in [3.63, 3.8) is 0 Å². The maximum Gasteiger partial charge on any atom is 0.573 e. The minimum atomic E-state index is -5.01. The highest BCUT2D eigenvalue weighted by Crippen LogP contribution is 2.36. The normalized spacial score (nSPS) is 11.2. The third-order valence-electron chi connectivity index (χ3n) is 3.85. The fraction of sp³-hybridized carbons (Fsp3) is 0.0952. The highest BCUT2D eigenvalue weighted by atomic mass is 19.4. The number of urea groups is 1. The number of alkyl halides is 6. The van der Waals surface area contributed by atoms with Crippen LogP contribution in [-0.4, -0.2) is 23.7 Å². The number of nitrogens with one attached hydrogen (secondary N) is 2. The Labute approximate surface area is 192 Å². The minimum Gasteiger partial charge on any atom is -0.433 e. The van der Waals surface area contributed by atoms with E-state index in [9.17, 15) is 31.1 Å². The number of nitriles is 1. The summed E-state index contributed by atoms with van der Waals surface area (Å²) in [7, 11) is 0. The predicted molar refractivity (Wildman–Crippen MR) is 108 cm³/mol. The van der Waals surface area contributed by atoms with Crippen molar-refractivity contribution in [2.24, 2.45) is 0 Å². The summed E-state index contributed by atoms with van der Waals surface area (Å²) in [5.74, 6) is -2.03. The van der Waals surface area contributed by atoms with Crippen LogP contribution in [0.4, 0.5) is 42.5 Å². The lowest BCUT2D eigenvalue weighted by atomic mass is 10.3. The molecule has 0 atom stereocenters. The smallest absolute Gasteiger partial charge is 0.433 e. The first-order chi connectivity index (χ1) is 16.4. The molecule has 0 aliphatic rings. The Balaban J connectivity index is 1.78. The van der Waals surface area contributed by atoms with Gasteiger partial charge in [-0.3, -0.25) is 0 Å². The number of nitrogens with zero attached hydrogens (tertiary/aromatic N) is 2. The number of carbonyl (C=O) groups is 1. The Hall–Kier alpha value is -4.67. The van der Waals surface area contributed by atoms with E-state index in [0.717, 1.165) is 36.4 Å². The average Bonchev–Trinajstić information content (AvgIpc) is 2.75. The fourth-order valence-corrected chi connectivity index (χ4v) is 2.55. The Morgan fingerprint density at radius 2 is 1.46 bits per heavy atom. The van der Waals surface area contributed by atoms with Gasteiger partial charge >= 0.3 is 18.8 Å². The first kappa shape index (κ1) is 25.0. The zero-order valence-corrected chi connectivity index (χ0v) is 17.1. The third kappa shape index (κ3) is 7.70. The molecule has 1 aromatic heterocycles. The standard InChI is InChI=1S/C21H12F6N4O4/c22-20(23,24)34-14-8-5-12(6-9-14)30-19(32)31-15-10-7-13(11-28)29-18(15)33-16-3-1-2-4-17(16)35-21(25,26)27/h1-10H,(H2,30,31,32). The van der Waals surface area contributed by atoms with Crippen LogP contribution in [0.5, 0.6) is 23.1 Å². The molecule has 0 radical (unpaired) electrons. The first-order valence-electron chi connectivity index (χ1n) is 9.29. The molecule has 182 valence electrons. The molecule has 0 aliphatic heterocycles. The second kappa shape index (κ2) is 10.1. The lowest BCUT2D eigenvalue weighted by Crippen LogP contribution is -2.20. The van der Waals surface area contributed by atoms with E-state index in [0.29, 0.717) is 0 Å². The van der Waals surface area contributed by atoms with E-state index in [1.54, 1.807) is 6.07 Å². The van der Waals surface area contributed by atoms with Gasteiger partial charge in [-0.2, -0.15) is 5.26 Å².